The lowest BCUT2D eigenvalue weighted by Crippen LogP contribution is -2.44. The first-order valence-corrected chi connectivity index (χ1v) is 12.2. The number of nitrogens with zero attached hydrogens (tertiary/aromatic N) is 2. The second-order valence-corrected chi connectivity index (χ2v) is 9.44. The number of hydrogen-bond donors (Lipinski definition) is 1. The highest BCUT2D eigenvalue weighted by Crippen LogP contribution is 2.40. The van der Waals surface area contributed by atoms with Gasteiger partial charge in [0.05, 0.1) is 12.0 Å². The van der Waals surface area contributed by atoms with E-state index in [1.165, 1.54) is 6.20 Å². The number of aromatic nitrogens is 1. The van der Waals surface area contributed by atoms with Crippen molar-refractivity contribution >= 4 is 11.8 Å². The lowest BCUT2D eigenvalue weighted by molar-refractivity contribution is -0.185. The second kappa shape index (κ2) is 10.9. The molecule has 7 nitrogen and oxygen atoms in total. The van der Waals surface area contributed by atoms with Gasteiger partial charge in [0.1, 0.15) is 6.61 Å². The second-order valence-electron chi connectivity index (χ2n) is 9.44. The number of alkyl halides is 3. The standard InChI is InChI=1S/C24H32F3N3O4/c25-24(26,27)17-7-5-16(6-8-17)23(32)30-12-2-3-19(30)15-34-20-4-1-11-28-21(20)22(31)29-18-9-13-33-14-10-18/h1,4,11,16-19H,2-3,5-10,12-15H2,(H,29,31)/t16-,17-,19-/m1/s1. The molecule has 1 N–H and O–H groups in total. The highest BCUT2D eigenvalue weighted by atomic mass is 19.4. The Morgan fingerprint density at radius 2 is 1.85 bits per heavy atom. The number of pyridine rings is 1. The molecular formula is C24H32F3N3O4. The maximum Gasteiger partial charge on any atom is 0.391 e. The summed E-state index contributed by atoms with van der Waals surface area (Å²) in [6.07, 6.45) is 0.989. The van der Waals surface area contributed by atoms with Gasteiger partial charge in [-0.2, -0.15) is 13.2 Å². The van der Waals surface area contributed by atoms with Crippen LogP contribution in [0.15, 0.2) is 18.3 Å². The molecule has 3 aliphatic rings. The van der Waals surface area contributed by atoms with Crippen LogP contribution in [0.2, 0.25) is 0 Å². The van der Waals surface area contributed by atoms with Gasteiger partial charge in [-0.3, -0.25) is 9.59 Å². The first-order chi connectivity index (χ1) is 16.3. The summed E-state index contributed by atoms with van der Waals surface area (Å²) in [4.78, 5) is 31.8. The van der Waals surface area contributed by atoms with Crippen LogP contribution in [0.25, 0.3) is 0 Å². The topological polar surface area (TPSA) is 80.8 Å². The average molecular weight is 484 g/mol. The molecule has 0 radical (unpaired) electrons. The number of carbonyl (C=O) groups excluding carboxylic acids is 2. The molecule has 1 aliphatic carbocycles. The van der Waals surface area contributed by atoms with Gasteiger partial charge in [0.2, 0.25) is 5.91 Å². The van der Waals surface area contributed by atoms with E-state index in [-0.39, 0.29) is 67.8 Å². The highest BCUT2D eigenvalue weighted by Gasteiger charge is 2.44. The van der Waals surface area contributed by atoms with Gasteiger partial charge in [-0.25, -0.2) is 4.98 Å². The number of carbonyl (C=O) groups is 2. The maximum atomic E-state index is 13.1. The fourth-order valence-corrected chi connectivity index (χ4v) is 5.16. The third kappa shape index (κ3) is 6.00. The van der Waals surface area contributed by atoms with E-state index in [0.29, 0.717) is 25.5 Å². The minimum atomic E-state index is -4.18. The summed E-state index contributed by atoms with van der Waals surface area (Å²) in [6, 6.07) is 3.24. The van der Waals surface area contributed by atoms with Crippen LogP contribution in [0.4, 0.5) is 13.2 Å². The number of likely N-dealkylation sites (tertiary alicyclic amines) is 1. The van der Waals surface area contributed by atoms with Crippen molar-refractivity contribution in [2.75, 3.05) is 26.4 Å². The lowest BCUT2D eigenvalue weighted by atomic mass is 9.81. The Hall–Kier alpha value is -2.36. The molecule has 1 atom stereocenters. The number of hydrogen-bond acceptors (Lipinski definition) is 5. The van der Waals surface area contributed by atoms with Crippen molar-refractivity contribution in [2.45, 2.75) is 69.6 Å². The van der Waals surface area contributed by atoms with Crippen LogP contribution >= 0.6 is 0 Å². The Labute approximate surface area is 197 Å². The van der Waals surface area contributed by atoms with Gasteiger partial charge in [-0.05, 0) is 63.5 Å². The Morgan fingerprint density at radius 3 is 2.56 bits per heavy atom. The quantitative estimate of drug-likeness (QED) is 0.667. The molecule has 1 aromatic heterocycles. The summed E-state index contributed by atoms with van der Waals surface area (Å²) < 4.78 is 50.2. The third-order valence-electron chi connectivity index (χ3n) is 7.17. The Morgan fingerprint density at radius 1 is 1.12 bits per heavy atom. The summed E-state index contributed by atoms with van der Waals surface area (Å²) in [5, 5.41) is 2.98. The van der Waals surface area contributed by atoms with Crippen molar-refractivity contribution in [2.24, 2.45) is 11.8 Å². The van der Waals surface area contributed by atoms with Crippen molar-refractivity contribution in [3.8, 4) is 5.75 Å². The lowest BCUT2D eigenvalue weighted by Gasteiger charge is -2.33. The molecule has 0 bridgehead atoms. The van der Waals surface area contributed by atoms with E-state index in [2.05, 4.69) is 10.3 Å². The minimum absolute atomic E-state index is 0.0101. The van der Waals surface area contributed by atoms with Gasteiger partial charge in [0.15, 0.2) is 11.4 Å². The summed E-state index contributed by atoms with van der Waals surface area (Å²) in [7, 11) is 0. The van der Waals surface area contributed by atoms with Crippen LogP contribution in [-0.4, -0.2) is 66.3 Å². The van der Waals surface area contributed by atoms with Gasteiger partial charge in [-0.1, -0.05) is 0 Å². The Bertz CT molecular complexity index is 852. The van der Waals surface area contributed by atoms with Crippen LogP contribution in [-0.2, 0) is 9.53 Å². The summed E-state index contributed by atoms with van der Waals surface area (Å²) in [5.74, 6) is -1.68. The van der Waals surface area contributed by atoms with Crippen LogP contribution < -0.4 is 10.1 Å². The van der Waals surface area contributed by atoms with Crippen molar-refractivity contribution in [3.05, 3.63) is 24.0 Å². The van der Waals surface area contributed by atoms with Crippen LogP contribution in [0.3, 0.4) is 0 Å². The molecule has 1 aromatic rings. The molecule has 3 fully saturated rings. The van der Waals surface area contributed by atoms with Crippen molar-refractivity contribution < 1.29 is 32.2 Å². The van der Waals surface area contributed by atoms with Gasteiger partial charge < -0.3 is 19.7 Å². The molecule has 34 heavy (non-hydrogen) atoms. The molecular weight excluding hydrogens is 451 g/mol. The molecule has 0 spiro atoms. The maximum absolute atomic E-state index is 13.1. The van der Waals surface area contributed by atoms with Crippen LogP contribution in [0, 0.1) is 11.8 Å². The fraction of sp³-hybridized carbons (Fsp3) is 0.708. The molecule has 2 amide bonds. The zero-order chi connectivity index (χ0) is 24.1. The predicted molar refractivity (Wildman–Crippen MR) is 117 cm³/mol. The van der Waals surface area contributed by atoms with E-state index in [4.69, 9.17) is 9.47 Å². The molecule has 4 rings (SSSR count). The van der Waals surface area contributed by atoms with Crippen molar-refractivity contribution in [1.29, 1.82) is 0 Å². The first kappa shape index (κ1) is 24.8. The molecule has 188 valence electrons. The monoisotopic (exact) mass is 483 g/mol. The van der Waals surface area contributed by atoms with Gasteiger partial charge in [-0.15, -0.1) is 0 Å². The molecule has 10 heteroatoms. The molecule has 1 saturated carbocycles. The van der Waals surface area contributed by atoms with Gasteiger partial charge >= 0.3 is 6.18 Å². The number of nitrogens with one attached hydrogen (secondary N) is 1. The SMILES string of the molecule is O=C(NC1CCOCC1)c1ncccc1OC[C@H]1CCCN1C(=O)[C@H]1CC[C@H](C(F)(F)F)CC1. The number of ether oxygens (including phenoxy) is 2. The predicted octanol–water partition coefficient (Wildman–Crippen LogP) is 3.73. The zero-order valence-electron chi connectivity index (χ0n) is 19.2. The largest absolute Gasteiger partial charge is 0.489 e. The minimum Gasteiger partial charge on any atom is -0.489 e. The van der Waals surface area contributed by atoms with E-state index < -0.39 is 12.1 Å². The first-order valence-electron chi connectivity index (χ1n) is 12.2. The molecule has 3 heterocycles. The summed E-state index contributed by atoms with van der Waals surface area (Å²) in [5.41, 5.74) is 0.204. The van der Waals surface area contributed by atoms with E-state index in [0.717, 1.165) is 25.7 Å². The summed E-state index contributed by atoms with van der Waals surface area (Å²) in [6.45, 7) is 2.02. The molecule has 2 saturated heterocycles. The Balaban J connectivity index is 1.33. The number of amides is 2. The molecule has 0 unspecified atom stereocenters. The van der Waals surface area contributed by atoms with Crippen molar-refractivity contribution in [1.82, 2.24) is 15.2 Å². The zero-order valence-corrected chi connectivity index (χ0v) is 19.2. The van der Waals surface area contributed by atoms with E-state index in [9.17, 15) is 22.8 Å². The van der Waals surface area contributed by atoms with Crippen LogP contribution in [0.1, 0.15) is 61.9 Å². The van der Waals surface area contributed by atoms with E-state index in [1.807, 2.05) is 0 Å². The number of halogens is 3. The van der Waals surface area contributed by atoms with E-state index in [1.54, 1.807) is 17.0 Å². The normalized spacial score (nSPS) is 26.3. The van der Waals surface area contributed by atoms with Gasteiger partial charge in [0, 0.05) is 37.9 Å². The highest BCUT2D eigenvalue weighted by molar-refractivity contribution is 5.95. The number of rotatable bonds is 6. The smallest absolute Gasteiger partial charge is 0.391 e. The average Bonchev–Trinajstić information content (AvgIpc) is 3.31. The molecule has 2 aliphatic heterocycles. The van der Waals surface area contributed by atoms with Crippen LogP contribution in [0.5, 0.6) is 5.75 Å². The Kier molecular flexibility index (Phi) is 7.95. The molecule has 0 aromatic carbocycles. The third-order valence-corrected chi connectivity index (χ3v) is 7.17. The van der Waals surface area contributed by atoms with Crippen molar-refractivity contribution in [3.63, 3.8) is 0 Å². The van der Waals surface area contributed by atoms with Gasteiger partial charge in [0.25, 0.3) is 5.91 Å². The fourth-order valence-electron chi connectivity index (χ4n) is 5.16. The van der Waals surface area contributed by atoms with E-state index >= 15 is 0 Å². The summed E-state index contributed by atoms with van der Waals surface area (Å²) >= 11 is 0.